The van der Waals surface area contributed by atoms with Gasteiger partial charge in [-0.1, -0.05) is 128 Å². The molecule has 0 spiro atoms. The summed E-state index contributed by atoms with van der Waals surface area (Å²) in [5, 5.41) is 39.2. The zero-order chi connectivity index (χ0) is 27.4. The van der Waals surface area contributed by atoms with Crippen molar-refractivity contribution in [2.24, 2.45) is 0 Å². The molecule has 0 aliphatic rings. The van der Waals surface area contributed by atoms with Crippen LogP contribution in [-0.2, 0) is 4.74 Å². The van der Waals surface area contributed by atoms with Crippen molar-refractivity contribution in [2.75, 3.05) is 13.2 Å². The van der Waals surface area contributed by atoms with E-state index in [-0.39, 0.29) is 0 Å². The van der Waals surface area contributed by atoms with Crippen LogP contribution in [0.2, 0.25) is 0 Å². The summed E-state index contributed by atoms with van der Waals surface area (Å²) in [5.41, 5.74) is 0. The Bertz CT molecular complexity index is 548. The van der Waals surface area contributed by atoms with Crippen molar-refractivity contribution in [2.45, 2.75) is 167 Å². The molecule has 0 amide bonds. The van der Waals surface area contributed by atoms with Crippen LogP contribution in [0.25, 0.3) is 0 Å². The van der Waals surface area contributed by atoms with E-state index in [4.69, 9.17) is 4.74 Å². The SMILES string of the molecule is CCCCCCCCCCCC#CC(OC(C#CCCCCCCCCCCC)C(O)CO)C(O)CO. The van der Waals surface area contributed by atoms with Gasteiger partial charge in [0.1, 0.15) is 24.4 Å². The summed E-state index contributed by atoms with van der Waals surface area (Å²) in [6.07, 6.45) is 19.5. The quantitative estimate of drug-likeness (QED) is 0.0883. The van der Waals surface area contributed by atoms with Gasteiger partial charge < -0.3 is 25.2 Å². The van der Waals surface area contributed by atoms with Gasteiger partial charge in [-0.2, -0.15) is 0 Å². The van der Waals surface area contributed by atoms with Gasteiger partial charge in [-0.05, 0) is 12.8 Å². The highest BCUT2D eigenvalue weighted by Crippen LogP contribution is 2.12. The summed E-state index contributed by atoms with van der Waals surface area (Å²) >= 11 is 0. The van der Waals surface area contributed by atoms with Gasteiger partial charge >= 0.3 is 0 Å². The molecule has 0 aliphatic carbocycles. The predicted molar refractivity (Wildman–Crippen MR) is 154 cm³/mol. The van der Waals surface area contributed by atoms with E-state index < -0.39 is 37.6 Å². The fourth-order valence-corrected chi connectivity index (χ4v) is 4.18. The zero-order valence-corrected chi connectivity index (χ0v) is 24.1. The lowest BCUT2D eigenvalue weighted by atomic mass is 10.1. The summed E-state index contributed by atoms with van der Waals surface area (Å²) < 4.78 is 5.77. The fraction of sp³-hybridized carbons (Fsp3) is 0.875. The first kappa shape index (κ1) is 35.9. The molecule has 0 bridgehead atoms. The molecule has 0 aromatic carbocycles. The molecule has 0 heterocycles. The Morgan fingerprint density at radius 3 is 1.08 bits per heavy atom. The first-order valence-electron chi connectivity index (χ1n) is 15.3. The van der Waals surface area contributed by atoms with E-state index in [1.165, 1.54) is 89.9 Å². The van der Waals surface area contributed by atoms with Crippen molar-refractivity contribution < 1.29 is 25.2 Å². The predicted octanol–water partition coefficient (Wildman–Crippen LogP) is 6.30. The van der Waals surface area contributed by atoms with Crippen LogP contribution in [0.1, 0.15) is 142 Å². The Morgan fingerprint density at radius 2 is 0.784 bits per heavy atom. The van der Waals surface area contributed by atoms with E-state index in [0.29, 0.717) is 12.8 Å². The standard InChI is InChI=1S/C32H58O5/c1-3-5-7-9-11-13-15-17-19-21-23-25-31(29(35)27-33)37-32(30(36)28-34)26-24-22-20-18-16-14-12-10-8-6-4-2/h29-36H,3-22,27-28H2,1-2H3. The number of rotatable bonds is 24. The highest BCUT2D eigenvalue weighted by Gasteiger charge is 2.25. The van der Waals surface area contributed by atoms with E-state index in [2.05, 4.69) is 37.5 Å². The molecule has 5 heteroatoms. The highest BCUT2D eigenvalue weighted by atomic mass is 16.5. The molecule has 0 aromatic rings. The van der Waals surface area contributed by atoms with Crippen molar-refractivity contribution in [3.05, 3.63) is 0 Å². The monoisotopic (exact) mass is 522 g/mol. The van der Waals surface area contributed by atoms with E-state index in [0.717, 1.165) is 25.7 Å². The first-order valence-corrected chi connectivity index (χ1v) is 15.3. The number of aliphatic hydroxyl groups excluding tert-OH is 4. The van der Waals surface area contributed by atoms with Gasteiger partial charge in [0.2, 0.25) is 0 Å². The second kappa shape index (κ2) is 27.9. The molecule has 0 rings (SSSR count). The molecule has 37 heavy (non-hydrogen) atoms. The molecule has 4 unspecified atom stereocenters. The lowest BCUT2D eigenvalue weighted by Gasteiger charge is -2.23. The topological polar surface area (TPSA) is 90.2 Å². The van der Waals surface area contributed by atoms with Crippen LogP contribution < -0.4 is 0 Å². The average Bonchev–Trinajstić information content (AvgIpc) is 2.91. The first-order chi connectivity index (χ1) is 18.1. The Labute approximate surface area is 228 Å². The molecular formula is C32H58O5. The fourth-order valence-electron chi connectivity index (χ4n) is 4.18. The summed E-state index contributed by atoms with van der Waals surface area (Å²) in [5.74, 6) is 11.9. The third-order valence-corrected chi connectivity index (χ3v) is 6.67. The molecule has 0 saturated carbocycles. The molecule has 0 fully saturated rings. The molecule has 216 valence electrons. The van der Waals surface area contributed by atoms with Gasteiger partial charge in [-0.25, -0.2) is 0 Å². The number of aliphatic hydroxyl groups is 4. The van der Waals surface area contributed by atoms with Gasteiger partial charge in [0.25, 0.3) is 0 Å². The molecule has 5 nitrogen and oxygen atoms in total. The number of unbranched alkanes of at least 4 members (excludes halogenated alkanes) is 18. The molecule has 4 atom stereocenters. The maximum absolute atomic E-state index is 10.2. The largest absolute Gasteiger partial charge is 0.394 e. The Kier molecular flexibility index (Phi) is 27.1. The maximum Gasteiger partial charge on any atom is 0.148 e. The van der Waals surface area contributed by atoms with Gasteiger partial charge in [0.05, 0.1) is 13.2 Å². The smallest absolute Gasteiger partial charge is 0.148 e. The van der Waals surface area contributed by atoms with E-state index in [1.807, 2.05) is 0 Å². The maximum atomic E-state index is 10.2. The van der Waals surface area contributed by atoms with Crippen LogP contribution in [-0.4, -0.2) is 58.1 Å². The zero-order valence-electron chi connectivity index (χ0n) is 24.1. The van der Waals surface area contributed by atoms with Crippen LogP contribution in [0.4, 0.5) is 0 Å². The molecule has 0 aliphatic heterocycles. The van der Waals surface area contributed by atoms with Crippen LogP contribution >= 0.6 is 0 Å². The summed E-state index contributed by atoms with van der Waals surface area (Å²) in [7, 11) is 0. The van der Waals surface area contributed by atoms with Gasteiger partial charge in [0, 0.05) is 12.8 Å². The highest BCUT2D eigenvalue weighted by molar-refractivity contribution is 5.12. The lowest BCUT2D eigenvalue weighted by molar-refractivity contribution is -0.0901. The van der Waals surface area contributed by atoms with Crippen molar-refractivity contribution in [1.29, 1.82) is 0 Å². The average molecular weight is 523 g/mol. The number of hydrogen-bond acceptors (Lipinski definition) is 5. The van der Waals surface area contributed by atoms with E-state index >= 15 is 0 Å². The third-order valence-electron chi connectivity index (χ3n) is 6.67. The Balaban J connectivity index is 4.43. The Hall–Kier alpha value is -1.08. The van der Waals surface area contributed by atoms with E-state index in [9.17, 15) is 20.4 Å². The second-order valence-electron chi connectivity index (χ2n) is 10.3. The van der Waals surface area contributed by atoms with Gasteiger partial charge in [-0.3, -0.25) is 0 Å². The van der Waals surface area contributed by atoms with Crippen LogP contribution in [0.15, 0.2) is 0 Å². The van der Waals surface area contributed by atoms with Crippen molar-refractivity contribution in [3.63, 3.8) is 0 Å². The molecule has 0 saturated heterocycles. The van der Waals surface area contributed by atoms with Crippen molar-refractivity contribution in [1.82, 2.24) is 0 Å². The summed E-state index contributed by atoms with van der Waals surface area (Å²) in [6.45, 7) is 3.48. The normalized spacial score (nSPS) is 14.2. The minimum absolute atomic E-state index is 0.495. The van der Waals surface area contributed by atoms with Gasteiger partial charge in [-0.15, -0.1) is 11.8 Å². The Morgan fingerprint density at radius 1 is 0.486 bits per heavy atom. The molecule has 0 aromatic heterocycles. The number of hydrogen-bond donors (Lipinski definition) is 4. The molecule has 4 N–H and O–H groups in total. The lowest BCUT2D eigenvalue weighted by Crippen LogP contribution is -2.39. The van der Waals surface area contributed by atoms with Crippen molar-refractivity contribution >= 4 is 0 Å². The molecular weight excluding hydrogens is 464 g/mol. The number of ether oxygens (including phenoxy) is 1. The summed E-state index contributed by atoms with van der Waals surface area (Å²) in [4.78, 5) is 0. The summed E-state index contributed by atoms with van der Waals surface area (Å²) in [6, 6.07) is 0. The minimum atomic E-state index is -1.19. The third kappa shape index (κ3) is 22.6. The minimum Gasteiger partial charge on any atom is -0.394 e. The van der Waals surface area contributed by atoms with Crippen LogP contribution in [0.3, 0.4) is 0 Å². The van der Waals surface area contributed by atoms with Crippen molar-refractivity contribution in [3.8, 4) is 23.7 Å². The van der Waals surface area contributed by atoms with E-state index in [1.54, 1.807) is 0 Å². The van der Waals surface area contributed by atoms with Crippen LogP contribution in [0.5, 0.6) is 0 Å². The van der Waals surface area contributed by atoms with Gasteiger partial charge in [0.15, 0.2) is 0 Å². The molecule has 0 radical (unpaired) electrons. The van der Waals surface area contributed by atoms with Crippen LogP contribution in [0, 0.1) is 23.7 Å². The second-order valence-corrected chi connectivity index (χ2v) is 10.3.